The second-order valence-electron chi connectivity index (χ2n) is 2.34. The van der Waals surface area contributed by atoms with Crippen LogP contribution in [-0.4, -0.2) is 0 Å². The van der Waals surface area contributed by atoms with E-state index >= 15 is 0 Å². The van der Waals surface area contributed by atoms with Crippen molar-refractivity contribution in [2.75, 3.05) is 0 Å². The van der Waals surface area contributed by atoms with Gasteiger partial charge in [-0.05, 0) is 0 Å². The zero-order valence-corrected chi connectivity index (χ0v) is 13.4. The third-order valence-corrected chi connectivity index (χ3v) is 2.93. The van der Waals surface area contributed by atoms with Gasteiger partial charge in [0.05, 0.1) is 0 Å². The molecule has 0 nitrogen and oxygen atoms in total. The number of hydrogen-bond acceptors (Lipinski definition) is 0. The Labute approximate surface area is 127 Å². The minimum absolute atomic E-state index is 0.683. The summed E-state index contributed by atoms with van der Waals surface area (Å²) in [6.07, 6.45) is 0. The standard InChI is InChI=1S/C16P4/c1-2-10-18-12-5-6-14-20-16-8-7-15-19-13-4-3-11-17-9-1/q-4. The van der Waals surface area contributed by atoms with E-state index in [1.54, 1.807) is 0 Å². The molecule has 0 aliphatic carbocycles. The Bertz CT molecular complexity index is 626. The average Bonchev–Trinajstić information content (AvgIpc) is 2.46. The maximum Gasteiger partial charge on any atom is -0.0526 e. The second-order valence-corrected chi connectivity index (χ2v) is 5.02. The minimum Gasteiger partial charge on any atom is -0.364 e. The highest BCUT2D eigenvalue weighted by Gasteiger charge is 1.48. The predicted octanol–water partition coefficient (Wildman–Crippen LogP) is 3.47. The monoisotopic (exact) mass is 316 g/mol. The topological polar surface area (TPSA) is 0 Å². The van der Waals surface area contributed by atoms with Crippen LogP contribution in [0.15, 0.2) is 0 Å². The molecule has 20 heavy (non-hydrogen) atoms. The molecule has 1 rings (SSSR count). The zero-order valence-electron chi connectivity index (χ0n) is 9.79. The highest BCUT2D eigenvalue weighted by atomic mass is 31.1. The first kappa shape index (κ1) is 16.3. The summed E-state index contributed by atoms with van der Waals surface area (Å²) in [5.74, 6) is 21.4. The van der Waals surface area contributed by atoms with Gasteiger partial charge in [-0.2, -0.15) is 0 Å². The zero-order chi connectivity index (χ0) is 14.1. The molecule has 0 bridgehead atoms. The molecule has 0 saturated carbocycles. The lowest BCUT2D eigenvalue weighted by molar-refractivity contribution is 2.52. The maximum atomic E-state index is 2.78. The fraction of sp³-hybridized carbons (Fsp3) is 0. The molecule has 0 fully saturated rings. The van der Waals surface area contributed by atoms with Crippen LogP contribution in [0, 0.1) is 92.7 Å². The van der Waals surface area contributed by atoms with Crippen LogP contribution < -0.4 is 0 Å². The summed E-state index contributed by atoms with van der Waals surface area (Å²) >= 11 is 0. The van der Waals surface area contributed by atoms with Gasteiger partial charge in [0.1, 0.15) is 0 Å². The third-order valence-electron chi connectivity index (χ3n) is 1.14. The van der Waals surface area contributed by atoms with E-state index in [1.807, 2.05) is 0 Å². The van der Waals surface area contributed by atoms with Crippen LogP contribution in [-0.2, 0) is 0 Å². The third kappa shape index (κ3) is 11.3. The van der Waals surface area contributed by atoms with E-state index in [0.717, 1.165) is 0 Å². The van der Waals surface area contributed by atoms with Gasteiger partial charge in [0.15, 0.2) is 0 Å². The van der Waals surface area contributed by atoms with E-state index in [9.17, 15) is 0 Å². The van der Waals surface area contributed by atoms with Gasteiger partial charge in [-0.25, -0.2) is 0 Å². The van der Waals surface area contributed by atoms with Crippen LogP contribution in [0.2, 0.25) is 0 Å². The smallest absolute Gasteiger partial charge is 0.0526 e. The van der Waals surface area contributed by atoms with E-state index in [-0.39, 0.29) is 0 Å². The Balaban J connectivity index is 2.73. The van der Waals surface area contributed by atoms with Crippen molar-refractivity contribution in [3.63, 3.8) is 0 Å². The first-order chi connectivity index (χ1) is 10.0. The molecule has 1 aliphatic rings. The van der Waals surface area contributed by atoms with Crippen molar-refractivity contribution in [1.82, 2.24) is 0 Å². The van der Waals surface area contributed by atoms with Crippen LogP contribution in [0.4, 0.5) is 0 Å². The first-order valence-corrected chi connectivity index (χ1v) is 8.37. The lowest BCUT2D eigenvalue weighted by Gasteiger charge is -1.93. The summed E-state index contributed by atoms with van der Waals surface area (Å²) in [5, 5.41) is 0. The van der Waals surface area contributed by atoms with E-state index in [1.165, 1.54) is 0 Å². The Morgan fingerprint density at radius 3 is 0.550 bits per heavy atom. The maximum absolute atomic E-state index is 2.78. The van der Waals surface area contributed by atoms with Gasteiger partial charge in [0.2, 0.25) is 0 Å². The van der Waals surface area contributed by atoms with Crippen molar-refractivity contribution < 1.29 is 0 Å². The highest BCUT2D eigenvalue weighted by molar-refractivity contribution is 7.50. The van der Waals surface area contributed by atoms with Gasteiger partial charge in [-0.3, -0.25) is 45.3 Å². The number of rotatable bonds is 0. The van der Waals surface area contributed by atoms with Crippen LogP contribution in [0.3, 0.4) is 0 Å². The van der Waals surface area contributed by atoms with Gasteiger partial charge in [-0.1, -0.05) is 47.4 Å². The SMILES string of the molecule is C1#C[P-]C#CC#C[P-]C#CC#C[P-]C#CC#C[P-]C#C1. The van der Waals surface area contributed by atoms with Crippen molar-refractivity contribution >= 4 is 34.3 Å². The highest BCUT2D eigenvalue weighted by Crippen LogP contribution is 2.05. The Morgan fingerprint density at radius 2 is 0.400 bits per heavy atom. The molecule has 0 aromatic carbocycles. The van der Waals surface area contributed by atoms with Gasteiger partial charge < -0.3 is 34.3 Å². The fourth-order valence-electron chi connectivity index (χ4n) is 0.559. The summed E-state index contributed by atoms with van der Waals surface area (Å²) in [5.41, 5.74) is 22.3. The molecule has 0 amide bonds. The van der Waals surface area contributed by atoms with Crippen LogP contribution >= 0.6 is 34.3 Å². The van der Waals surface area contributed by atoms with Gasteiger partial charge in [0, 0.05) is 0 Å². The minimum atomic E-state index is 0.683. The molecular formula is C16P4-4. The average molecular weight is 316 g/mol. The van der Waals surface area contributed by atoms with Crippen LogP contribution in [0.1, 0.15) is 0 Å². The van der Waals surface area contributed by atoms with E-state index in [4.69, 9.17) is 0 Å². The molecule has 0 radical (unpaired) electrons. The van der Waals surface area contributed by atoms with E-state index in [2.05, 4.69) is 92.7 Å². The van der Waals surface area contributed by atoms with Crippen molar-refractivity contribution in [2.24, 2.45) is 0 Å². The fourth-order valence-corrected chi connectivity index (χ4v) is 1.68. The quantitative estimate of drug-likeness (QED) is 0.474. The summed E-state index contributed by atoms with van der Waals surface area (Å²) in [4.78, 5) is 0. The summed E-state index contributed by atoms with van der Waals surface area (Å²) < 4.78 is 0. The molecule has 0 unspecified atom stereocenters. The lowest BCUT2D eigenvalue weighted by Crippen LogP contribution is -1.50. The molecule has 88 valence electrons. The van der Waals surface area contributed by atoms with Crippen molar-refractivity contribution in [1.29, 1.82) is 0 Å². The van der Waals surface area contributed by atoms with Gasteiger partial charge in [0.25, 0.3) is 0 Å². The van der Waals surface area contributed by atoms with Crippen molar-refractivity contribution in [3.8, 4) is 92.7 Å². The normalized spacial score (nSPS) is 16.0. The molecule has 0 aromatic heterocycles. The largest absolute Gasteiger partial charge is 0.364 e. The Kier molecular flexibility index (Phi) is 11.1. The lowest BCUT2D eigenvalue weighted by atomic mass is 10.7. The molecular weight excluding hydrogens is 316 g/mol. The molecule has 0 aromatic rings. The molecule has 0 spiro atoms. The van der Waals surface area contributed by atoms with Crippen LogP contribution in [0.25, 0.3) is 0 Å². The van der Waals surface area contributed by atoms with Gasteiger partial charge in [-0.15, -0.1) is 0 Å². The first-order valence-electron chi connectivity index (χ1n) is 4.79. The second kappa shape index (κ2) is 13.6. The summed E-state index contributed by atoms with van der Waals surface area (Å²) in [7, 11) is 2.73. The van der Waals surface area contributed by atoms with Crippen molar-refractivity contribution in [3.05, 3.63) is 0 Å². The molecule has 0 atom stereocenters. The molecule has 4 heteroatoms. The molecule has 1 aliphatic heterocycles. The van der Waals surface area contributed by atoms with Gasteiger partial charge >= 0.3 is 0 Å². The molecule has 1 heterocycles. The van der Waals surface area contributed by atoms with E-state index < -0.39 is 0 Å². The van der Waals surface area contributed by atoms with E-state index in [0.29, 0.717) is 34.3 Å². The Morgan fingerprint density at radius 1 is 0.250 bits per heavy atom. The number of hydrogen-bond donors (Lipinski definition) is 0. The molecule has 0 N–H and O–H groups in total. The van der Waals surface area contributed by atoms with Crippen LogP contribution in [0.5, 0.6) is 0 Å². The summed E-state index contributed by atoms with van der Waals surface area (Å²) in [6.45, 7) is 0. The van der Waals surface area contributed by atoms with Crippen molar-refractivity contribution in [2.45, 2.75) is 0 Å². The Hall–Kier alpha value is -1.80. The molecule has 0 saturated heterocycles. The predicted molar refractivity (Wildman–Crippen MR) is 89.9 cm³/mol. The summed E-state index contributed by atoms with van der Waals surface area (Å²) in [6, 6.07) is 0.